The predicted octanol–water partition coefficient (Wildman–Crippen LogP) is 1.76. The summed E-state index contributed by atoms with van der Waals surface area (Å²) in [7, 11) is 1.91. The number of unbranched alkanes of at least 4 members (excludes halogenated alkanes) is 2. The molecule has 1 atom stereocenters. The molecule has 0 aromatic rings. The minimum Gasteiger partial charge on any atom is -0.341 e. The van der Waals surface area contributed by atoms with Crippen LogP contribution in [0.4, 0.5) is 0 Å². The lowest BCUT2D eigenvalue weighted by Gasteiger charge is -2.27. The second-order valence-electron chi connectivity index (χ2n) is 4.60. The van der Waals surface area contributed by atoms with E-state index in [2.05, 4.69) is 6.92 Å². The van der Waals surface area contributed by atoms with Crippen LogP contribution in [0.15, 0.2) is 0 Å². The zero-order chi connectivity index (χ0) is 11.3. The SMILES string of the molecule is CCCCCC(=O)N(C)C(CN)C1CC1. The van der Waals surface area contributed by atoms with E-state index < -0.39 is 0 Å². The van der Waals surface area contributed by atoms with Crippen LogP contribution >= 0.6 is 0 Å². The van der Waals surface area contributed by atoms with Gasteiger partial charge in [0.25, 0.3) is 0 Å². The first-order chi connectivity index (χ1) is 7.20. The number of hydrogen-bond acceptors (Lipinski definition) is 2. The molecule has 15 heavy (non-hydrogen) atoms. The van der Waals surface area contributed by atoms with Crippen molar-refractivity contribution in [3.05, 3.63) is 0 Å². The Morgan fingerprint density at radius 2 is 2.13 bits per heavy atom. The fourth-order valence-corrected chi connectivity index (χ4v) is 2.04. The highest BCUT2D eigenvalue weighted by atomic mass is 16.2. The van der Waals surface area contributed by atoms with Gasteiger partial charge in [0, 0.05) is 26.1 Å². The van der Waals surface area contributed by atoms with Crippen molar-refractivity contribution in [2.24, 2.45) is 11.7 Å². The first-order valence-corrected chi connectivity index (χ1v) is 6.16. The number of nitrogens with two attached hydrogens (primary N) is 1. The lowest BCUT2D eigenvalue weighted by Crippen LogP contribution is -2.43. The zero-order valence-electron chi connectivity index (χ0n) is 10.0. The number of rotatable bonds is 7. The Morgan fingerprint density at radius 3 is 2.60 bits per heavy atom. The average molecular weight is 212 g/mol. The van der Waals surface area contributed by atoms with Crippen molar-refractivity contribution >= 4 is 5.91 Å². The Labute approximate surface area is 93.0 Å². The molecule has 0 spiro atoms. The second kappa shape index (κ2) is 6.11. The molecular weight excluding hydrogens is 188 g/mol. The number of nitrogens with zero attached hydrogens (tertiary/aromatic N) is 1. The van der Waals surface area contributed by atoms with Crippen molar-refractivity contribution in [3.8, 4) is 0 Å². The van der Waals surface area contributed by atoms with Gasteiger partial charge in [0.1, 0.15) is 0 Å². The summed E-state index contributed by atoms with van der Waals surface area (Å²) in [5.41, 5.74) is 5.71. The number of likely N-dealkylation sites (N-methyl/N-ethyl adjacent to an activating group) is 1. The Balaban J connectivity index is 2.29. The van der Waals surface area contributed by atoms with E-state index in [-0.39, 0.29) is 5.91 Å². The molecule has 0 radical (unpaired) electrons. The second-order valence-corrected chi connectivity index (χ2v) is 4.60. The number of amides is 1. The Bertz CT molecular complexity index is 202. The van der Waals surface area contributed by atoms with Gasteiger partial charge in [-0.25, -0.2) is 0 Å². The smallest absolute Gasteiger partial charge is 0.222 e. The van der Waals surface area contributed by atoms with E-state index in [4.69, 9.17) is 5.73 Å². The minimum absolute atomic E-state index is 0.269. The van der Waals surface area contributed by atoms with Crippen LogP contribution in [-0.4, -0.2) is 30.4 Å². The summed E-state index contributed by atoms with van der Waals surface area (Å²) in [5.74, 6) is 0.945. The molecule has 1 saturated carbocycles. The van der Waals surface area contributed by atoms with Gasteiger partial charge in [-0.2, -0.15) is 0 Å². The monoisotopic (exact) mass is 212 g/mol. The van der Waals surface area contributed by atoms with Crippen LogP contribution in [0.2, 0.25) is 0 Å². The van der Waals surface area contributed by atoms with Gasteiger partial charge < -0.3 is 10.6 Å². The van der Waals surface area contributed by atoms with Crippen LogP contribution in [0.3, 0.4) is 0 Å². The third-order valence-electron chi connectivity index (χ3n) is 3.29. The molecule has 0 heterocycles. The van der Waals surface area contributed by atoms with Crippen LogP contribution in [0.25, 0.3) is 0 Å². The maximum atomic E-state index is 11.8. The first-order valence-electron chi connectivity index (χ1n) is 6.16. The molecule has 2 N–H and O–H groups in total. The molecule has 1 aliphatic carbocycles. The van der Waals surface area contributed by atoms with Crippen molar-refractivity contribution < 1.29 is 4.79 Å². The van der Waals surface area contributed by atoms with Crippen LogP contribution in [0.5, 0.6) is 0 Å². The molecule has 1 unspecified atom stereocenters. The van der Waals surface area contributed by atoms with Gasteiger partial charge in [-0.15, -0.1) is 0 Å². The lowest BCUT2D eigenvalue weighted by atomic mass is 10.1. The molecule has 1 amide bonds. The maximum Gasteiger partial charge on any atom is 0.222 e. The largest absolute Gasteiger partial charge is 0.341 e. The standard InChI is InChI=1S/C12H24N2O/c1-3-4-5-6-12(15)14(2)11(9-13)10-7-8-10/h10-11H,3-9,13H2,1-2H3. The quantitative estimate of drug-likeness (QED) is 0.654. The third kappa shape index (κ3) is 3.82. The molecule has 1 aliphatic rings. The Hall–Kier alpha value is -0.570. The average Bonchev–Trinajstić information content (AvgIpc) is 3.03. The van der Waals surface area contributed by atoms with E-state index in [1.807, 2.05) is 11.9 Å². The number of carbonyl (C=O) groups is 1. The van der Waals surface area contributed by atoms with E-state index in [9.17, 15) is 4.79 Å². The summed E-state index contributed by atoms with van der Waals surface area (Å²) >= 11 is 0. The van der Waals surface area contributed by atoms with Crippen LogP contribution in [-0.2, 0) is 4.79 Å². The molecule has 0 aromatic carbocycles. The molecule has 0 aromatic heterocycles. The zero-order valence-corrected chi connectivity index (χ0v) is 10.0. The van der Waals surface area contributed by atoms with Gasteiger partial charge in [0.2, 0.25) is 5.91 Å². The van der Waals surface area contributed by atoms with Crippen molar-refractivity contribution in [2.75, 3.05) is 13.6 Å². The molecule has 1 fully saturated rings. The highest BCUT2D eigenvalue weighted by Gasteiger charge is 2.34. The van der Waals surface area contributed by atoms with Gasteiger partial charge >= 0.3 is 0 Å². The fraction of sp³-hybridized carbons (Fsp3) is 0.917. The molecular formula is C12H24N2O. The molecule has 0 aliphatic heterocycles. The van der Waals surface area contributed by atoms with Crippen LogP contribution in [0, 0.1) is 5.92 Å². The van der Waals surface area contributed by atoms with E-state index in [0.29, 0.717) is 24.9 Å². The molecule has 0 saturated heterocycles. The van der Waals surface area contributed by atoms with E-state index in [0.717, 1.165) is 12.8 Å². The predicted molar refractivity (Wildman–Crippen MR) is 62.5 cm³/mol. The minimum atomic E-state index is 0.269. The molecule has 3 nitrogen and oxygen atoms in total. The topological polar surface area (TPSA) is 46.3 Å². The van der Waals surface area contributed by atoms with Gasteiger partial charge in [-0.1, -0.05) is 19.8 Å². The van der Waals surface area contributed by atoms with Crippen LogP contribution < -0.4 is 5.73 Å². The third-order valence-corrected chi connectivity index (χ3v) is 3.29. The highest BCUT2D eigenvalue weighted by Crippen LogP contribution is 2.34. The number of hydrogen-bond donors (Lipinski definition) is 1. The molecule has 88 valence electrons. The maximum absolute atomic E-state index is 11.8. The lowest BCUT2D eigenvalue weighted by molar-refractivity contribution is -0.132. The summed E-state index contributed by atoms with van der Waals surface area (Å²) in [6.45, 7) is 2.77. The Kier molecular flexibility index (Phi) is 5.09. The van der Waals surface area contributed by atoms with Gasteiger partial charge in [0.05, 0.1) is 0 Å². The fourth-order valence-electron chi connectivity index (χ4n) is 2.04. The van der Waals surface area contributed by atoms with Crippen LogP contribution in [0.1, 0.15) is 45.4 Å². The first kappa shape index (κ1) is 12.5. The summed E-state index contributed by atoms with van der Waals surface area (Å²) in [6.07, 6.45) is 6.51. The number of carbonyl (C=O) groups excluding carboxylic acids is 1. The van der Waals surface area contributed by atoms with Crippen molar-refractivity contribution in [1.29, 1.82) is 0 Å². The molecule has 0 bridgehead atoms. The summed E-state index contributed by atoms with van der Waals surface area (Å²) in [4.78, 5) is 13.7. The van der Waals surface area contributed by atoms with Gasteiger partial charge in [0.15, 0.2) is 0 Å². The summed E-state index contributed by atoms with van der Waals surface area (Å²) in [5, 5.41) is 0. The van der Waals surface area contributed by atoms with Crippen molar-refractivity contribution in [2.45, 2.75) is 51.5 Å². The van der Waals surface area contributed by atoms with Crippen molar-refractivity contribution in [3.63, 3.8) is 0 Å². The van der Waals surface area contributed by atoms with Gasteiger partial charge in [-0.3, -0.25) is 4.79 Å². The summed E-state index contributed by atoms with van der Waals surface area (Å²) in [6, 6.07) is 0.291. The molecule has 1 rings (SSSR count). The normalized spacial score (nSPS) is 17.5. The summed E-state index contributed by atoms with van der Waals surface area (Å²) < 4.78 is 0. The van der Waals surface area contributed by atoms with E-state index in [1.165, 1.54) is 19.3 Å². The van der Waals surface area contributed by atoms with E-state index >= 15 is 0 Å². The van der Waals surface area contributed by atoms with Crippen molar-refractivity contribution in [1.82, 2.24) is 4.90 Å². The van der Waals surface area contributed by atoms with Gasteiger partial charge in [-0.05, 0) is 25.2 Å². The van der Waals surface area contributed by atoms with E-state index in [1.54, 1.807) is 0 Å². The Morgan fingerprint density at radius 1 is 1.47 bits per heavy atom. The highest BCUT2D eigenvalue weighted by molar-refractivity contribution is 5.76. The molecule has 3 heteroatoms.